The van der Waals surface area contributed by atoms with Crippen LogP contribution in [0, 0.1) is 13.8 Å². The van der Waals surface area contributed by atoms with Crippen LogP contribution in [0.3, 0.4) is 0 Å². The fourth-order valence-electron chi connectivity index (χ4n) is 1.52. The zero-order valence-electron chi connectivity index (χ0n) is 10.1. The van der Waals surface area contributed by atoms with E-state index in [1.54, 1.807) is 17.6 Å². The predicted molar refractivity (Wildman–Crippen MR) is 70.1 cm³/mol. The number of thiazole rings is 1. The van der Waals surface area contributed by atoms with Crippen molar-refractivity contribution < 1.29 is 9.90 Å². The van der Waals surface area contributed by atoms with Crippen molar-refractivity contribution >= 4 is 23.1 Å². The molecule has 18 heavy (non-hydrogen) atoms. The Labute approximate surface area is 109 Å². The van der Waals surface area contributed by atoms with Crippen LogP contribution in [0.2, 0.25) is 0 Å². The summed E-state index contributed by atoms with van der Waals surface area (Å²) in [6.45, 7) is 4.29. The Kier molecular flexibility index (Phi) is 3.57. The number of hydrogen-bond acceptors (Lipinski definition) is 5. The Morgan fingerprint density at radius 3 is 2.83 bits per heavy atom. The summed E-state index contributed by atoms with van der Waals surface area (Å²) in [5.41, 5.74) is 3.69. The molecule has 2 N–H and O–H groups in total. The Morgan fingerprint density at radius 1 is 1.44 bits per heavy atom. The maximum Gasteiger partial charge on any atom is 0.339 e. The minimum Gasteiger partial charge on any atom is -0.478 e. The van der Waals surface area contributed by atoms with Crippen LogP contribution < -0.4 is 5.32 Å². The van der Waals surface area contributed by atoms with Crippen LogP contribution in [0.1, 0.15) is 26.6 Å². The first-order chi connectivity index (χ1) is 8.58. The van der Waals surface area contributed by atoms with Gasteiger partial charge >= 0.3 is 5.97 Å². The zero-order chi connectivity index (χ0) is 13.1. The molecule has 0 aliphatic rings. The smallest absolute Gasteiger partial charge is 0.339 e. The molecule has 0 fully saturated rings. The maximum atomic E-state index is 11.1. The van der Waals surface area contributed by atoms with E-state index in [0.29, 0.717) is 12.4 Å². The molecule has 2 aromatic heterocycles. The molecule has 0 saturated carbocycles. The molecule has 0 aliphatic heterocycles. The molecule has 0 aromatic carbocycles. The van der Waals surface area contributed by atoms with Crippen LogP contribution in [0.5, 0.6) is 0 Å². The van der Waals surface area contributed by atoms with Gasteiger partial charge in [-0.3, -0.25) is 0 Å². The number of hydrogen-bond donors (Lipinski definition) is 2. The van der Waals surface area contributed by atoms with Crippen molar-refractivity contribution in [2.45, 2.75) is 20.4 Å². The fourth-order valence-corrected chi connectivity index (χ4v) is 2.24. The number of anilines is 1. The summed E-state index contributed by atoms with van der Waals surface area (Å²) in [6, 6.07) is 3.25. The van der Waals surface area contributed by atoms with Gasteiger partial charge in [0.2, 0.25) is 0 Å². The van der Waals surface area contributed by atoms with Crippen molar-refractivity contribution in [3.8, 4) is 0 Å². The minimum atomic E-state index is -0.981. The fraction of sp³-hybridized carbons (Fsp3) is 0.250. The molecular formula is C12H13N3O2S. The molecule has 0 atom stereocenters. The third-order valence-electron chi connectivity index (χ3n) is 2.53. The standard InChI is InChI=1S/C12H13N3O2S/c1-7-3-4-9(12(16)17)11(15-7)13-5-10-8(2)14-6-18-10/h3-4,6H,5H2,1-2H3,(H,13,15)(H,16,17). The molecule has 0 saturated heterocycles. The molecule has 0 amide bonds. The molecule has 5 nitrogen and oxygen atoms in total. The van der Waals surface area contributed by atoms with E-state index in [1.807, 2.05) is 13.8 Å². The number of rotatable bonds is 4. The van der Waals surface area contributed by atoms with Gasteiger partial charge in [-0.25, -0.2) is 14.8 Å². The summed E-state index contributed by atoms with van der Waals surface area (Å²) in [4.78, 5) is 20.5. The van der Waals surface area contributed by atoms with Gasteiger partial charge in [-0.2, -0.15) is 0 Å². The number of nitrogens with zero attached hydrogens (tertiary/aromatic N) is 2. The predicted octanol–water partition coefficient (Wildman–Crippen LogP) is 2.47. The Balaban J connectivity index is 2.20. The second-order valence-electron chi connectivity index (χ2n) is 3.87. The summed E-state index contributed by atoms with van der Waals surface area (Å²) < 4.78 is 0. The van der Waals surface area contributed by atoms with E-state index in [2.05, 4.69) is 15.3 Å². The summed E-state index contributed by atoms with van der Waals surface area (Å²) in [7, 11) is 0. The van der Waals surface area contributed by atoms with Crippen molar-refractivity contribution in [1.82, 2.24) is 9.97 Å². The molecule has 0 aliphatic carbocycles. The molecule has 0 radical (unpaired) electrons. The van der Waals surface area contributed by atoms with Crippen LogP contribution >= 0.6 is 11.3 Å². The highest BCUT2D eigenvalue weighted by Gasteiger charge is 2.12. The van der Waals surface area contributed by atoms with Crippen LogP contribution in [0.4, 0.5) is 5.82 Å². The summed E-state index contributed by atoms with van der Waals surface area (Å²) in [6.07, 6.45) is 0. The lowest BCUT2D eigenvalue weighted by molar-refractivity contribution is 0.0697. The molecule has 2 rings (SSSR count). The normalized spacial score (nSPS) is 10.3. The van der Waals surface area contributed by atoms with Gasteiger partial charge in [0.05, 0.1) is 17.7 Å². The molecule has 6 heteroatoms. The first kappa shape index (κ1) is 12.5. The van der Waals surface area contributed by atoms with Gasteiger partial charge in [-0.15, -0.1) is 11.3 Å². The largest absolute Gasteiger partial charge is 0.478 e. The summed E-state index contributed by atoms with van der Waals surface area (Å²) in [5, 5.41) is 12.1. The SMILES string of the molecule is Cc1ccc(C(=O)O)c(NCc2scnc2C)n1. The molecule has 0 bridgehead atoms. The molecular weight excluding hydrogens is 250 g/mol. The lowest BCUT2D eigenvalue weighted by atomic mass is 10.2. The monoisotopic (exact) mass is 263 g/mol. The van der Waals surface area contributed by atoms with E-state index in [1.165, 1.54) is 11.3 Å². The quantitative estimate of drug-likeness (QED) is 0.886. The molecule has 94 valence electrons. The van der Waals surface area contributed by atoms with Crippen molar-refractivity contribution in [2.75, 3.05) is 5.32 Å². The Morgan fingerprint density at radius 2 is 2.22 bits per heavy atom. The van der Waals surface area contributed by atoms with E-state index in [-0.39, 0.29) is 5.56 Å². The summed E-state index contributed by atoms with van der Waals surface area (Å²) >= 11 is 1.54. The van der Waals surface area contributed by atoms with Gasteiger partial charge in [0, 0.05) is 10.6 Å². The number of pyridine rings is 1. The van der Waals surface area contributed by atoms with Crippen molar-refractivity contribution in [2.24, 2.45) is 0 Å². The van der Waals surface area contributed by atoms with Crippen LogP contribution in [0.25, 0.3) is 0 Å². The second-order valence-corrected chi connectivity index (χ2v) is 4.81. The lowest BCUT2D eigenvalue weighted by Gasteiger charge is -2.08. The molecule has 2 aromatic rings. The van der Waals surface area contributed by atoms with E-state index in [0.717, 1.165) is 16.3 Å². The van der Waals surface area contributed by atoms with Crippen LogP contribution in [-0.4, -0.2) is 21.0 Å². The van der Waals surface area contributed by atoms with Crippen LogP contribution in [0.15, 0.2) is 17.6 Å². The highest BCUT2D eigenvalue weighted by molar-refractivity contribution is 7.09. The average Bonchev–Trinajstić information content (AvgIpc) is 2.72. The molecule has 0 unspecified atom stereocenters. The Bertz CT molecular complexity index is 580. The van der Waals surface area contributed by atoms with Gasteiger partial charge in [0.25, 0.3) is 0 Å². The highest BCUT2D eigenvalue weighted by Crippen LogP contribution is 2.17. The van der Waals surface area contributed by atoms with Gasteiger partial charge < -0.3 is 10.4 Å². The van der Waals surface area contributed by atoms with Crippen molar-refractivity contribution in [3.63, 3.8) is 0 Å². The molecule has 2 heterocycles. The first-order valence-corrected chi connectivity index (χ1v) is 6.29. The number of aromatic nitrogens is 2. The van der Waals surface area contributed by atoms with Gasteiger partial charge in [0.1, 0.15) is 11.4 Å². The van der Waals surface area contributed by atoms with E-state index in [9.17, 15) is 4.79 Å². The number of carbonyl (C=O) groups is 1. The molecule has 0 spiro atoms. The number of carboxylic acid groups (broad SMARTS) is 1. The summed E-state index contributed by atoms with van der Waals surface area (Å²) in [5.74, 6) is -0.582. The van der Waals surface area contributed by atoms with Crippen LogP contribution in [-0.2, 0) is 6.54 Å². The third-order valence-corrected chi connectivity index (χ3v) is 3.46. The minimum absolute atomic E-state index is 0.183. The van der Waals surface area contributed by atoms with Gasteiger partial charge in [-0.05, 0) is 26.0 Å². The van der Waals surface area contributed by atoms with E-state index in [4.69, 9.17) is 5.11 Å². The number of aryl methyl sites for hydroxylation is 2. The maximum absolute atomic E-state index is 11.1. The highest BCUT2D eigenvalue weighted by atomic mass is 32.1. The van der Waals surface area contributed by atoms with E-state index >= 15 is 0 Å². The topological polar surface area (TPSA) is 75.1 Å². The van der Waals surface area contributed by atoms with E-state index < -0.39 is 5.97 Å². The average molecular weight is 263 g/mol. The second kappa shape index (κ2) is 5.14. The third kappa shape index (κ3) is 2.65. The van der Waals surface area contributed by atoms with Crippen molar-refractivity contribution in [1.29, 1.82) is 0 Å². The number of aromatic carboxylic acids is 1. The first-order valence-electron chi connectivity index (χ1n) is 5.41. The lowest BCUT2D eigenvalue weighted by Crippen LogP contribution is -2.09. The Hall–Kier alpha value is -1.95. The van der Waals surface area contributed by atoms with Gasteiger partial charge in [-0.1, -0.05) is 0 Å². The van der Waals surface area contributed by atoms with Gasteiger partial charge in [0.15, 0.2) is 0 Å². The number of carboxylic acids is 1. The number of nitrogens with one attached hydrogen (secondary N) is 1. The van der Waals surface area contributed by atoms with Crippen molar-refractivity contribution in [3.05, 3.63) is 39.5 Å². The zero-order valence-corrected chi connectivity index (χ0v) is 10.9.